The highest BCUT2D eigenvalue weighted by Crippen LogP contribution is 2.12. The van der Waals surface area contributed by atoms with Gasteiger partial charge in [0.15, 0.2) is 15.0 Å². The van der Waals surface area contributed by atoms with Crippen LogP contribution in [0.5, 0.6) is 0 Å². The fraction of sp³-hybridized carbons (Fsp3) is 0.333. The minimum atomic E-state index is -3.47. The average molecular weight is 260 g/mol. The molecule has 1 aromatic heterocycles. The predicted octanol–water partition coefficient (Wildman–Crippen LogP) is 1.07. The molecule has 0 aliphatic heterocycles. The molecule has 0 aromatic carbocycles. The number of sulfone groups is 1. The Hall–Kier alpha value is -1.21. The lowest BCUT2D eigenvalue weighted by Crippen LogP contribution is -2.33. The van der Waals surface area contributed by atoms with E-state index in [1.165, 1.54) is 30.5 Å². The number of nitrogens with one attached hydrogen (secondary N) is 1. The fourth-order valence-corrected chi connectivity index (χ4v) is 2.50. The molecule has 1 unspecified atom stereocenters. The number of anilines is 1. The van der Waals surface area contributed by atoms with Crippen LogP contribution in [-0.2, 0) is 14.6 Å². The van der Waals surface area contributed by atoms with E-state index in [1.54, 1.807) is 5.38 Å². The van der Waals surface area contributed by atoms with E-state index in [9.17, 15) is 13.2 Å². The molecule has 0 saturated heterocycles. The second-order valence-corrected chi connectivity index (χ2v) is 6.35. The Morgan fingerprint density at radius 3 is 2.94 bits per heavy atom. The van der Waals surface area contributed by atoms with Crippen LogP contribution in [0.3, 0.4) is 0 Å². The van der Waals surface area contributed by atoms with Crippen molar-refractivity contribution in [1.82, 2.24) is 4.98 Å². The molecule has 5 nitrogen and oxygen atoms in total. The van der Waals surface area contributed by atoms with E-state index in [4.69, 9.17) is 0 Å². The molecule has 16 heavy (non-hydrogen) atoms. The average Bonchev–Trinajstić information content (AvgIpc) is 2.69. The number of hydrogen-bond acceptors (Lipinski definition) is 5. The molecule has 0 spiro atoms. The molecule has 1 heterocycles. The molecule has 1 atom stereocenters. The summed E-state index contributed by atoms with van der Waals surface area (Å²) >= 11 is 1.23. The third kappa shape index (κ3) is 3.14. The molecule has 0 bridgehead atoms. The molecular weight excluding hydrogens is 248 g/mol. The van der Waals surface area contributed by atoms with Crippen LogP contribution in [0.25, 0.3) is 0 Å². The molecule has 0 fully saturated rings. The summed E-state index contributed by atoms with van der Waals surface area (Å²) in [6, 6.07) is 0. The van der Waals surface area contributed by atoms with E-state index < -0.39 is 21.0 Å². The van der Waals surface area contributed by atoms with Crippen LogP contribution in [0.1, 0.15) is 6.92 Å². The molecule has 1 aromatic rings. The number of aromatic nitrogens is 1. The van der Waals surface area contributed by atoms with Crippen LogP contribution in [0, 0.1) is 0 Å². The smallest absolute Gasteiger partial charge is 0.244 e. The molecule has 0 saturated carbocycles. The van der Waals surface area contributed by atoms with Crippen LogP contribution in [-0.4, -0.2) is 30.3 Å². The summed E-state index contributed by atoms with van der Waals surface area (Å²) in [5.41, 5.74) is 0. The summed E-state index contributed by atoms with van der Waals surface area (Å²) in [5.74, 6) is -0.781. The lowest BCUT2D eigenvalue weighted by atomic mass is 10.4. The van der Waals surface area contributed by atoms with Gasteiger partial charge in [-0.1, -0.05) is 6.08 Å². The first-order valence-electron chi connectivity index (χ1n) is 4.50. The molecule has 0 aliphatic carbocycles. The molecule has 88 valence electrons. The van der Waals surface area contributed by atoms with Crippen molar-refractivity contribution in [3.63, 3.8) is 0 Å². The van der Waals surface area contributed by atoms with Crippen LogP contribution >= 0.6 is 11.3 Å². The highest BCUT2D eigenvalue weighted by Gasteiger charge is 2.27. The van der Waals surface area contributed by atoms with Crippen molar-refractivity contribution in [2.45, 2.75) is 12.2 Å². The number of rotatable bonds is 5. The Balaban J connectivity index is 2.71. The summed E-state index contributed by atoms with van der Waals surface area (Å²) in [5, 5.41) is 3.43. The number of amides is 1. The van der Waals surface area contributed by atoms with Crippen molar-refractivity contribution in [3.8, 4) is 0 Å². The molecule has 1 amide bonds. The van der Waals surface area contributed by atoms with Gasteiger partial charge >= 0.3 is 0 Å². The number of nitrogens with zero attached hydrogens (tertiary/aromatic N) is 1. The van der Waals surface area contributed by atoms with Crippen LogP contribution in [0.4, 0.5) is 5.13 Å². The Kier molecular flexibility index (Phi) is 4.19. The Bertz CT molecular complexity index is 465. The topological polar surface area (TPSA) is 76.1 Å². The van der Waals surface area contributed by atoms with E-state index in [-0.39, 0.29) is 5.75 Å². The lowest BCUT2D eigenvalue weighted by molar-refractivity contribution is -0.115. The minimum Gasteiger partial charge on any atom is -0.301 e. The van der Waals surface area contributed by atoms with E-state index >= 15 is 0 Å². The monoisotopic (exact) mass is 260 g/mol. The maximum atomic E-state index is 11.6. The Morgan fingerprint density at radius 2 is 2.44 bits per heavy atom. The SMILES string of the molecule is C=CCS(=O)(=O)C(C)C(=O)Nc1nccs1. The van der Waals surface area contributed by atoms with Crippen molar-refractivity contribution < 1.29 is 13.2 Å². The Morgan fingerprint density at radius 1 is 1.75 bits per heavy atom. The summed E-state index contributed by atoms with van der Waals surface area (Å²) in [4.78, 5) is 15.4. The molecule has 7 heteroatoms. The second kappa shape index (κ2) is 5.22. The molecule has 0 aliphatic rings. The van der Waals surface area contributed by atoms with Gasteiger partial charge in [-0.05, 0) is 6.92 Å². The van der Waals surface area contributed by atoms with Crippen LogP contribution < -0.4 is 5.32 Å². The summed E-state index contributed by atoms with van der Waals surface area (Å²) in [6.07, 6.45) is 2.80. The quantitative estimate of drug-likeness (QED) is 0.803. The van der Waals surface area contributed by atoms with Gasteiger partial charge in [0.05, 0.1) is 5.75 Å². The number of thiazole rings is 1. The zero-order valence-electron chi connectivity index (χ0n) is 8.71. The summed E-state index contributed by atoms with van der Waals surface area (Å²) in [7, 11) is -3.47. The number of carbonyl (C=O) groups is 1. The number of carbonyl (C=O) groups excluding carboxylic acids is 1. The van der Waals surface area contributed by atoms with Crippen molar-refractivity contribution in [2.75, 3.05) is 11.1 Å². The predicted molar refractivity (Wildman–Crippen MR) is 64.2 cm³/mol. The maximum absolute atomic E-state index is 11.6. The summed E-state index contributed by atoms with van der Waals surface area (Å²) in [6.45, 7) is 4.69. The van der Waals surface area contributed by atoms with E-state index in [0.717, 1.165) is 0 Å². The third-order valence-electron chi connectivity index (χ3n) is 1.92. The highest BCUT2D eigenvalue weighted by molar-refractivity contribution is 7.92. The number of hydrogen-bond donors (Lipinski definition) is 1. The van der Waals surface area contributed by atoms with Crippen LogP contribution in [0.15, 0.2) is 24.2 Å². The standard InChI is InChI=1S/C9H12N2O3S2/c1-3-6-16(13,14)7(2)8(12)11-9-10-4-5-15-9/h3-5,7H,1,6H2,2H3,(H,10,11,12). The minimum absolute atomic E-state index is 0.209. The first kappa shape index (κ1) is 12.9. The fourth-order valence-electron chi connectivity index (χ4n) is 0.964. The first-order chi connectivity index (χ1) is 7.47. The van der Waals surface area contributed by atoms with Gasteiger partial charge in [-0.3, -0.25) is 4.79 Å². The van der Waals surface area contributed by atoms with Gasteiger partial charge in [0.1, 0.15) is 5.25 Å². The van der Waals surface area contributed by atoms with Crippen LogP contribution in [0.2, 0.25) is 0 Å². The van der Waals surface area contributed by atoms with Crippen molar-refractivity contribution in [1.29, 1.82) is 0 Å². The third-order valence-corrected chi connectivity index (χ3v) is 4.60. The zero-order chi connectivity index (χ0) is 12.2. The van der Waals surface area contributed by atoms with E-state index in [2.05, 4.69) is 16.9 Å². The Labute approximate surface area is 98.1 Å². The first-order valence-corrected chi connectivity index (χ1v) is 7.09. The van der Waals surface area contributed by atoms with Gasteiger partial charge in [0, 0.05) is 11.6 Å². The van der Waals surface area contributed by atoms with Crippen molar-refractivity contribution in [2.24, 2.45) is 0 Å². The van der Waals surface area contributed by atoms with Crippen molar-refractivity contribution >= 4 is 32.2 Å². The molecule has 1 N–H and O–H groups in total. The highest BCUT2D eigenvalue weighted by atomic mass is 32.2. The van der Waals surface area contributed by atoms with Gasteiger partial charge in [-0.25, -0.2) is 13.4 Å². The van der Waals surface area contributed by atoms with Gasteiger partial charge in [0.25, 0.3) is 0 Å². The van der Waals surface area contributed by atoms with Gasteiger partial charge < -0.3 is 5.32 Å². The second-order valence-electron chi connectivity index (χ2n) is 3.09. The normalized spacial score (nSPS) is 13.1. The van der Waals surface area contributed by atoms with Crippen molar-refractivity contribution in [3.05, 3.63) is 24.2 Å². The van der Waals surface area contributed by atoms with E-state index in [1.807, 2.05) is 0 Å². The van der Waals surface area contributed by atoms with Gasteiger partial charge in [-0.2, -0.15) is 0 Å². The maximum Gasteiger partial charge on any atom is 0.244 e. The molecule has 1 rings (SSSR count). The van der Waals surface area contributed by atoms with E-state index in [0.29, 0.717) is 5.13 Å². The lowest BCUT2D eigenvalue weighted by Gasteiger charge is -2.10. The molecule has 0 radical (unpaired) electrons. The molecular formula is C9H12N2O3S2. The zero-order valence-corrected chi connectivity index (χ0v) is 10.3. The van der Waals surface area contributed by atoms with Gasteiger partial charge in [0.2, 0.25) is 5.91 Å². The van der Waals surface area contributed by atoms with Gasteiger partial charge in [-0.15, -0.1) is 17.9 Å². The largest absolute Gasteiger partial charge is 0.301 e. The summed E-state index contributed by atoms with van der Waals surface area (Å²) < 4.78 is 23.1.